The minimum absolute atomic E-state index is 0.384. The van der Waals surface area contributed by atoms with Gasteiger partial charge in [0.25, 0.3) is 0 Å². The second-order valence-corrected chi connectivity index (χ2v) is 6.02. The molecule has 4 rings (SSSR count). The van der Waals surface area contributed by atoms with E-state index in [2.05, 4.69) is 10.1 Å². The summed E-state index contributed by atoms with van der Waals surface area (Å²) in [5.74, 6) is 1.58. The first kappa shape index (κ1) is 15.7. The maximum Gasteiger partial charge on any atom is 0.157 e. The Balaban J connectivity index is 1.90. The van der Waals surface area contributed by atoms with Crippen molar-refractivity contribution in [3.8, 4) is 11.5 Å². The van der Waals surface area contributed by atoms with Crippen LogP contribution in [0.5, 0.6) is 11.5 Å². The van der Waals surface area contributed by atoms with Crippen molar-refractivity contribution in [1.82, 2.24) is 14.8 Å². The molecule has 2 heterocycles. The molecule has 0 atom stereocenters. The van der Waals surface area contributed by atoms with Crippen LogP contribution >= 0.6 is 11.6 Å². The van der Waals surface area contributed by atoms with Crippen LogP contribution < -0.4 is 9.47 Å². The van der Waals surface area contributed by atoms with Crippen LogP contribution in [0.25, 0.3) is 21.8 Å². The number of methoxy groups -OCH3 is 2. The van der Waals surface area contributed by atoms with Crippen LogP contribution in [-0.4, -0.2) is 29.0 Å². The Labute approximate surface area is 149 Å². The van der Waals surface area contributed by atoms with Crippen molar-refractivity contribution in [1.29, 1.82) is 0 Å². The third-order valence-electron chi connectivity index (χ3n) is 4.19. The Bertz CT molecular complexity index is 1080. The Kier molecular flexibility index (Phi) is 3.93. The molecule has 0 unspecified atom stereocenters. The zero-order chi connectivity index (χ0) is 17.4. The van der Waals surface area contributed by atoms with Crippen molar-refractivity contribution in [2.75, 3.05) is 14.2 Å². The zero-order valence-electron chi connectivity index (χ0n) is 13.9. The van der Waals surface area contributed by atoms with E-state index in [-0.39, 0.29) is 0 Å². The highest BCUT2D eigenvalue weighted by Gasteiger charge is 2.15. The molecule has 126 valence electrons. The Hall–Kier alpha value is -2.79. The average molecular weight is 354 g/mol. The maximum absolute atomic E-state index is 6.35. The third-order valence-corrected chi connectivity index (χ3v) is 4.46. The molecule has 0 aliphatic carbocycles. The van der Waals surface area contributed by atoms with Crippen LogP contribution in [0.3, 0.4) is 0 Å². The van der Waals surface area contributed by atoms with E-state index in [0.717, 1.165) is 33.4 Å². The first-order valence-corrected chi connectivity index (χ1v) is 8.20. The molecule has 2 aromatic heterocycles. The van der Waals surface area contributed by atoms with Crippen LogP contribution in [0.2, 0.25) is 5.15 Å². The minimum atomic E-state index is 0.384. The van der Waals surface area contributed by atoms with Gasteiger partial charge in [-0.15, -0.1) is 0 Å². The molecule has 0 aliphatic rings. The van der Waals surface area contributed by atoms with Gasteiger partial charge >= 0.3 is 0 Å². The van der Waals surface area contributed by atoms with Gasteiger partial charge in [-0.3, -0.25) is 4.68 Å². The zero-order valence-corrected chi connectivity index (χ0v) is 14.6. The normalized spacial score (nSPS) is 11.2. The molecule has 4 aromatic rings. The van der Waals surface area contributed by atoms with Gasteiger partial charge in [0.05, 0.1) is 31.7 Å². The summed E-state index contributed by atoms with van der Waals surface area (Å²) in [6.07, 6.45) is 1.97. The molecule has 6 heteroatoms. The van der Waals surface area contributed by atoms with Crippen LogP contribution in [0, 0.1) is 0 Å². The summed E-state index contributed by atoms with van der Waals surface area (Å²) in [6, 6.07) is 13.6. The van der Waals surface area contributed by atoms with E-state index in [4.69, 9.17) is 21.1 Å². The second-order valence-electron chi connectivity index (χ2n) is 5.66. The lowest BCUT2D eigenvalue weighted by atomic mass is 10.1. The number of fused-ring (bicyclic) bond motifs is 3. The summed E-state index contributed by atoms with van der Waals surface area (Å²) in [6.45, 7) is 0.575. The van der Waals surface area contributed by atoms with Gasteiger partial charge in [0.1, 0.15) is 17.0 Å². The van der Waals surface area contributed by atoms with E-state index in [1.54, 1.807) is 14.2 Å². The topological polar surface area (TPSA) is 49.2 Å². The van der Waals surface area contributed by atoms with Crippen molar-refractivity contribution in [3.63, 3.8) is 0 Å². The van der Waals surface area contributed by atoms with Crippen molar-refractivity contribution < 1.29 is 9.47 Å². The molecule has 0 spiro atoms. The van der Waals surface area contributed by atoms with Gasteiger partial charge in [-0.25, -0.2) is 4.98 Å². The van der Waals surface area contributed by atoms with E-state index in [9.17, 15) is 0 Å². The molecule has 25 heavy (non-hydrogen) atoms. The smallest absolute Gasteiger partial charge is 0.157 e. The molecular weight excluding hydrogens is 338 g/mol. The molecule has 0 bridgehead atoms. The van der Waals surface area contributed by atoms with Crippen molar-refractivity contribution in [3.05, 3.63) is 59.4 Å². The molecule has 0 amide bonds. The number of halogens is 1. The standard InChI is InChI=1S/C19H16ClN3O2/c1-24-15-8-4-3-6-12(15)10-23-11-13-17-14(7-5-9-16(17)25-2)21-19(20)18(13)22-23/h3-9,11H,10H2,1-2H3. The molecule has 0 saturated heterocycles. The summed E-state index contributed by atoms with van der Waals surface area (Å²) in [5, 5.41) is 6.83. The van der Waals surface area contributed by atoms with Gasteiger partial charge in [0.15, 0.2) is 5.15 Å². The number of aromatic nitrogens is 3. The maximum atomic E-state index is 6.35. The second kappa shape index (κ2) is 6.26. The number of rotatable bonds is 4. The molecule has 0 saturated carbocycles. The fraction of sp³-hybridized carbons (Fsp3) is 0.158. The van der Waals surface area contributed by atoms with Gasteiger partial charge in [0.2, 0.25) is 0 Å². The number of benzene rings is 2. The Morgan fingerprint density at radius 1 is 1.00 bits per heavy atom. The number of ether oxygens (including phenoxy) is 2. The van der Waals surface area contributed by atoms with Gasteiger partial charge in [0, 0.05) is 17.1 Å². The fourth-order valence-electron chi connectivity index (χ4n) is 3.06. The first-order chi connectivity index (χ1) is 12.2. The molecule has 0 radical (unpaired) electrons. The van der Waals surface area contributed by atoms with Crippen molar-refractivity contribution in [2.45, 2.75) is 6.54 Å². The number of hydrogen-bond donors (Lipinski definition) is 0. The van der Waals surface area contributed by atoms with E-state index in [1.165, 1.54) is 0 Å². The van der Waals surface area contributed by atoms with E-state index < -0.39 is 0 Å². The van der Waals surface area contributed by atoms with E-state index in [0.29, 0.717) is 17.2 Å². The lowest BCUT2D eigenvalue weighted by molar-refractivity contribution is 0.407. The van der Waals surface area contributed by atoms with Gasteiger partial charge < -0.3 is 9.47 Å². The Morgan fingerprint density at radius 2 is 1.76 bits per heavy atom. The summed E-state index contributed by atoms with van der Waals surface area (Å²) in [4.78, 5) is 4.45. The predicted molar refractivity (Wildman–Crippen MR) is 98.7 cm³/mol. The largest absolute Gasteiger partial charge is 0.496 e. The average Bonchev–Trinajstić information content (AvgIpc) is 3.06. The van der Waals surface area contributed by atoms with Crippen LogP contribution in [-0.2, 0) is 6.54 Å². The van der Waals surface area contributed by atoms with Crippen molar-refractivity contribution >= 4 is 33.4 Å². The molecule has 0 fully saturated rings. The lowest BCUT2D eigenvalue weighted by Gasteiger charge is -2.07. The summed E-state index contributed by atoms with van der Waals surface area (Å²) < 4.78 is 12.8. The number of nitrogens with zero attached hydrogens (tertiary/aromatic N) is 3. The molecule has 2 aromatic carbocycles. The highest BCUT2D eigenvalue weighted by Crippen LogP contribution is 2.34. The van der Waals surface area contributed by atoms with E-state index in [1.807, 2.05) is 53.3 Å². The lowest BCUT2D eigenvalue weighted by Crippen LogP contribution is -2.02. The highest BCUT2D eigenvalue weighted by atomic mass is 35.5. The van der Waals surface area contributed by atoms with Crippen LogP contribution in [0.15, 0.2) is 48.7 Å². The summed E-state index contributed by atoms with van der Waals surface area (Å²) in [7, 11) is 3.31. The molecular formula is C19H16ClN3O2. The minimum Gasteiger partial charge on any atom is -0.496 e. The van der Waals surface area contributed by atoms with Gasteiger partial charge in [-0.05, 0) is 18.2 Å². The highest BCUT2D eigenvalue weighted by molar-refractivity contribution is 6.35. The number of hydrogen-bond acceptors (Lipinski definition) is 4. The fourth-order valence-corrected chi connectivity index (χ4v) is 3.29. The SMILES string of the molecule is COc1ccccc1Cn1cc2c(n1)c(Cl)nc1cccc(OC)c12. The predicted octanol–water partition coefficient (Wildman–Crippen LogP) is 4.30. The summed E-state index contributed by atoms with van der Waals surface area (Å²) >= 11 is 6.35. The molecule has 0 aliphatic heterocycles. The van der Waals surface area contributed by atoms with Gasteiger partial charge in [-0.2, -0.15) is 5.10 Å². The quantitative estimate of drug-likeness (QED) is 0.513. The van der Waals surface area contributed by atoms with Crippen molar-refractivity contribution in [2.24, 2.45) is 0 Å². The number of pyridine rings is 1. The van der Waals surface area contributed by atoms with Crippen LogP contribution in [0.4, 0.5) is 0 Å². The van der Waals surface area contributed by atoms with E-state index >= 15 is 0 Å². The Morgan fingerprint density at radius 3 is 2.56 bits per heavy atom. The van der Waals surface area contributed by atoms with Crippen LogP contribution in [0.1, 0.15) is 5.56 Å². The monoisotopic (exact) mass is 353 g/mol. The summed E-state index contributed by atoms with van der Waals surface area (Å²) in [5.41, 5.74) is 2.49. The third kappa shape index (κ3) is 2.66. The molecule has 5 nitrogen and oxygen atoms in total. The van der Waals surface area contributed by atoms with Gasteiger partial charge in [-0.1, -0.05) is 35.9 Å². The molecule has 0 N–H and O–H groups in total. The first-order valence-electron chi connectivity index (χ1n) is 7.82. The number of para-hydroxylation sites is 1.